The van der Waals surface area contributed by atoms with Crippen LogP contribution in [0.25, 0.3) is 16.9 Å². The molecule has 3 aromatic rings. The lowest BCUT2D eigenvalue weighted by atomic mass is 10.1. The average molecular weight is 496 g/mol. The van der Waals surface area contributed by atoms with E-state index in [1.807, 2.05) is 58.0 Å². The standard InChI is InChI=1S/C26H33N5O5/c1-7-30(5)24(32)21-16-22(31(29-21)19-10-13-23(34-6)27-17-19)18-8-11-20(12-9-18)35-14-15-36-25(33)28-26(2,3)4/h8-13,16-17H,7,14-15H2,1-6H3,(H,28,33). The van der Waals surface area contributed by atoms with Crippen molar-refractivity contribution in [3.05, 3.63) is 54.4 Å². The maximum Gasteiger partial charge on any atom is 0.407 e. The van der Waals surface area contributed by atoms with Gasteiger partial charge in [0.25, 0.3) is 5.91 Å². The number of nitrogens with zero attached hydrogens (tertiary/aromatic N) is 4. The number of methoxy groups -OCH3 is 1. The third-order valence-electron chi connectivity index (χ3n) is 5.14. The molecule has 0 fully saturated rings. The number of aromatic nitrogens is 3. The van der Waals surface area contributed by atoms with Gasteiger partial charge in [-0.3, -0.25) is 4.79 Å². The molecular formula is C26H33N5O5. The summed E-state index contributed by atoms with van der Waals surface area (Å²) in [7, 11) is 3.29. The molecule has 2 amide bonds. The van der Waals surface area contributed by atoms with E-state index < -0.39 is 6.09 Å². The summed E-state index contributed by atoms with van der Waals surface area (Å²) < 4.78 is 17.7. The maximum atomic E-state index is 12.8. The van der Waals surface area contributed by atoms with Crippen molar-refractivity contribution >= 4 is 12.0 Å². The van der Waals surface area contributed by atoms with Crippen molar-refractivity contribution in [2.24, 2.45) is 0 Å². The lowest BCUT2D eigenvalue weighted by Crippen LogP contribution is -2.41. The Morgan fingerprint density at radius 1 is 1.08 bits per heavy atom. The molecule has 0 aliphatic rings. The van der Waals surface area contributed by atoms with Crippen LogP contribution in [0.5, 0.6) is 11.6 Å². The molecule has 0 aliphatic heterocycles. The van der Waals surface area contributed by atoms with E-state index in [9.17, 15) is 9.59 Å². The lowest BCUT2D eigenvalue weighted by molar-refractivity contribution is 0.0796. The zero-order chi connectivity index (χ0) is 26.3. The Morgan fingerprint density at radius 3 is 2.39 bits per heavy atom. The second kappa shape index (κ2) is 11.6. The predicted molar refractivity (Wildman–Crippen MR) is 136 cm³/mol. The van der Waals surface area contributed by atoms with Gasteiger partial charge in [-0.05, 0) is 64.1 Å². The molecule has 2 aromatic heterocycles. The van der Waals surface area contributed by atoms with Gasteiger partial charge in [0.05, 0.1) is 24.7 Å². The number of rotatable bonds is 9. The first kappa shape index (κ1) is 26.5. The second-order valence-electron chi connectivity index (χ2n) is 9.09. The van der Waals surface area contributed by atoms with E-state index in [1.165, 1.54) is 0 Å². The van der Waals surface area contributed by atoms with Crippen LogP contribution in [0, 0.1) is 0 Å². The molecule has 192 valence electrons. The normalized spacial score (nSPS) is 11.1. The third kappa shape index (κ3) is 6.97. The molecule has 36 heavy (non-hydrogen) atoms. The SMILES string of the molecule is CCN(C)C(=O)c1cc(-c2ccc(OCCOC(=O)NC(C)(C)C)cc2)n(-c2ccc(OC)nc2)n1. The number of alkyl carbamates (subject to hydrolysis) is 1. The van der Waals surface area contributed by atoms with E-state index in [0.717, 1.165) is 11.3 Å². The maximum absolute atomic E-state index is 12.8. The molecule has 1 aromatic carbocycles. The van der Waals surface area contributed by atoms with Crippen molar-refractivity contribution in [3.63, 3.8) is 0 Å². The van der Waals surface area contributed by atoms with Crippen LogP contribution in [0.1, 0.15) is 38.2 Å². The van der Waals surface area contributed by atoms with E-state index in [0.29, 0.717) is 29.6 Å². The molecule has 1 N–H and O–H groups in total. The molecule has 0 atom stereocenters. The smallest absolute Gasteiger partial charge is 0.407 e. The molecule has 0 saturated heterocycles. The fourth-order valence-corrected chi connectivity index (χ4v) is 3.20. The van der Waals surface area contributed by atoms with Gasteiger partial charge in [-0.15, -0.1) is 0 Å². The highest BCUT2D eigenvalue weighted by atomic mass is 16.6. The summed E-state index contributed by atoms with van der Waals surface area (Å²) in [4.78, 5) is 30.4. The lowest BCUT2D eigenvalue weighted by Gasteiger charge is -2.19. The highest BCUT2D eigenvalue weighted by Gasteiger charge is 2.19. The Hall–Kier alpha value is -4.08. The molecule has 2 heterocycles. The molecule has 0 spiro atoms. The van der Waals surface area contributed by atoms with Crippen molar-refractivity contribution < 1.29 is 23.8 Å². The van der Waals surface area contributed by atoms with E-state index in [-0.39, 0.29) is 24.7 Å². The molecule has 0 aliphatic carbocycles. The van der Waals surface area contributed by atoms with Gasteiger partial charge in [-0.25, -0.2) is 14.5 Å². The number of amides is 2. The van der Waals surface area contributed by atoms with E-state index in [2.05, 4.69) is 15.4 Å². The Bertz CT molecular complexity index is 1170. The molecular weight excluding hydrogens is 462 g/mol. The Morgan fingerprint density at radius 2 is 1.81 bits per heavy atom. The number of carbonyl (C=O) groups excluding carboxylic acids is 2. The Kier molecular flexibility index (Phi) is 8.52. The molecule has 3 rings (SSSR count). The van der Waals surface area contributed by atoms with E-state index in [1.54, 1.807) is 42.1 Å². The summed E-state index contributed by atoms with van der Waals surface area (Å²) in [5.41, 5.74) is 2.22. The van der Waals surface area contributed by atoms with Crippen LogP contribution in [0.4, 0.5) is 4.79 Å². The zero-order valence-corrected chi connectivity index (χ0v) is 21.6. The van der Waals surface area contributed by atoms with E-state index in [4.69, 9.17) is 14.2 Å². The van der Waals surface area contributed by atoms with Crippen LogP contribution >= 0.6 is 0 Å². The van der Waals surface area contributed by atoms with Gasteiger partial charge in [0.2, 0.25) is 5.88 Å². The predicted octanol–water partition coefficient (Wildman–Crippen LogP) is 3.94. The minimum absolute atomic E-state index is 0.122. The Labute approximate surface area is 211 Å². The minimum atomic E-state index is -0.484. The first-order valence-electron chi connectivity index (χ1n) is 11.7. The number of nitrogens with one attached hydrogen (secondary N) is 1. The van der Waals surface area contributed by atoms with Crippen molar-refractivity contribution in [2.75, 3.05) is 33.9 Å². The Balaban J connectivity index is 1.76. The molecule has 0 saturated carbocycles. The summed E-state index contributed by atoms with van der Waals surface area (Å²) in [6.45, 7) is 8.45. The summed E-state index contributed by atoms with van der Waals surface area (Å²) in [5, 5.41) is 7.29. The minimum Gasteiger partial charge on any atom is -0.490 e. The number of pyridine rings is 1. The first-order valence-corrected chi connectivity index (χ1v) is 11.7. The van der Waals surface area contributed by atoms with Gasteiger partial charge in [0.15, 0.2) is 5.69 Å². The summed E-state index contributed by atoms with van der Waals surface area (Å²) in [6, 6.07) is 12.7. The van der Waals surface area contributed by atoms with Crippen LogP contribution < -0.4 is 14.8 Å². The van der Waals surface area contributed by atoms with Gasteiger partial charge in [0, 0.05) is 30.8 Å². The van der Waals surface area contributed by atoms with Gasteiger partial charge in [0.1, 0.15) is 19.0 Å². The van der Waals surface area contributed by atoms with E-state index >= 15 is 0 Å². The second-order valence-corrected chi connectivity index (χ2v) is 9.09. The van der Waals surface area contributed by atoms with Gasteiger partial charge < -0.3 is 24.4 Å². The van der Waals surface area contributed by atoms with Crippen LogP contribution in [-0.4, -0.2) is 71.1 Å². The number of ether oxygens (including phenoxy) is 3. The van der Waals surface area contributed by atoms with Crippen LogP contribution in [0.3, 0.4) is 0 Å². The summed E-state index contributed by atoms with van der Waals surface area (Å²) >= 11 is 0. The third-order valence-corrected chi connectivity index (χ3v) is 5.14. The van der Waals surface area contributed by atoms with Crippen molar-refractivity contribution in [1.29, 1.82) is 0 Å². The molecule has 10 heteroatoms. The largest absolute Gasteiger partial charge is 0.490 e. The fourth-order valence-electron chi connectivity index (χ4n) is 3.20. The number of hydrogen-bond donors (Lipinski definition) is 1. The molecule has 0 unspecified atom stereocenters. The van der Waals surface area contributed by atoms with Crippen molar-refractivity contribution in [3.8, 4) is 28.6 Å². The molecule has 0 bridgehead atoms. The summed E-state index contributed by atoms with van der Waals surface area (Å²) in [6.07, 6.45) is 1.15. The highest BCUT2D eigenvalue weighted by molar-refractivity contribution is 5.93. The van der Waals surface area contributed by atoms with Crippen molar-refractivity contribution in [1.82, 2.24) is 25.0 Å². The molecule has 0 radical (unpaired) electrons. The number of carbonyl (C=O) groups is 2. The highest BCUT2D eigenvalue weighted by Crippen LogP contribution is 2.27. The fraction of sp³-hybridized carbons (Fsp3) is 0.385. The van der Waals surface area contributed by atoms with Gasteiger partial charge >= 0.3 is 6.09 Å². The quantitative estimate of drug-likeness (QED) is 0.448. The molecule has 10 nitrogen and oxygen atoms in total. The van der Waals surface area contributed by atoms with Gasteiger partial charge in [-0.1, -0.05) is 0 Å². The zero-order valence-electron chi connectivity index (χ0n) is 21.6. The van der Waals surface area contributed by atoms with Crippen LogP contribution in [0.15, 0.2) is 48.7 Å². The monoisotopic (exact) mass is 495 g/mol. The average Bonchev–Trinajstić information content (AvgIpc) is 3.30. The van der Waals surface area contributed by atoms with Crippen molar-refractivity contribution in [2.45, 2.75) is 33.2 Å². The number of benzene rings is 1. The first-order chi connectivity index (χ1) is 17.1. The summed E-state index contributed by atoms with van der Waals surface area (Å²) in [5.74, 6) is 0.933. The van der Waals surface area contributed by atoms with Gasteiger partial charge in [-0.2, -0.15) is 5.10 Å². The number of hydrogen-bond acceptors (Lipinski definition) is 7. The van der Waals surface area contributed by atoms with Crippen LogP contribution in [-0.2, 0) is 4.74 Å². The van der Waals surface area contributed by atoms with Crippen LogP contribution in [0.2, 0.25) is 0 Å². The topological polar surface area (TPSA) is 108 Å².